The third kappa shape index (κ3) is 6.24. The summed E-state index contributed by atoms with van der Waals surface area (Å²) in [7, 11) is -5.20. The Balaban J connectivity index is -0.000000289. The van der Waals surface area contributed by atoms with E-state index in [1.807, 2.05) is 0 Å². The van der Waals surface area contributed by atoms with Gasteiger partial charge in [0, 0.05) is 0 Å². The van der Waals surface area contributed by atoms with E-state index in [1.165, 1.54) is 0 Å². The van der Waals surface area contributed by atoms with Gasteiger partial charge in [-0.05, 0) is 0 Å². The molecule has 2 fully saturated rings. The van der Waals surface area contributed by atoms with E-state index in [9.17, 15) is 0 Å². The van der Waals surface area contributed by atoms with Crippen molar-refractivity contribution in [3.05, 3.63) is 10.1 Å². The molecule has 2 aliphatic heterocycles. The molecule has 2 bridgehead atoms. The quantitative estimate of drug-likeness (QED) is 0.228. The second-order valence-electron chi connectivity index (χ2n) is 2.11. The zero-order valence-corrected chi connectivity index (χ0v) is 9.87. The van der Waals surface area contributed by atoms with Gasteiger partial charge in [-0.1, -0.05) is 0 Å². The number of rotatable bonds is 0. The Kier molecular flexibility index (Phi) is 7.92. The van der Waals surface area contributed by atoms with Gasteiger partial charge in [-0.2, -0.15) is 0 Å². The smallest absolute Gasteiger partial charge is 1.00 e. The first-order chi connectivity index (χ1) is 6.97. The van der Waals surface area contributed by atoms with Crippen LogP contribution >= 0.6 is 0 Å². The van der Waals surface area contributed by atoms with Gasteiger partial charge in [0.2, 0.25) is 0 Å². The maximum Gasteiger partial charge on any atom is 2.00 e. The molecule has 3 N–H and O–H groups in total. The predicted octanol–water partition coefficient (Wildman–Crippen LogP) is -3.48. The molecule has 0 saturated carbocycles. The molecular formula is H5B4CaNO10. The Morgan fingerprint density at radius 3 is 1.50 bits per heavy atom. The van der Waals surface area contributed by atoms with Gasteiger partial charge in [0.05, 0.1) is 0 Å². The number of nitrogens with zero attached hydrogens (tertiary/aromatic N) is 1. The average molecular weight is 262 g/mol. The standard InChI is InChI=1S/B4H2O7.Ca.HNO3.2H/c5-1-7-3-9-2(6)10-4(8-1)11-3;;2-1(3)4;;/h5-6H;;(H,2,3,4);;/q;+2;;2*-1. The van der Waals surface area contributed by atoms with E-state index in [2.05, 4.69) is 22.9 Å². The summed E-state index contributed by atoms with van der Waals surface area (Å²) in [6, 6.07) is 0. The number of fused-ring (bicyclic) bond motifs is 2. The van der Waals surface area contributed by atoms with Crippen molar-refractivity contribution in [2.45, 2.75) is 0 Å². The molecule has 0 unspecified atom stereocenters. The molecule has 0 amide bonds. The van der Waals surface area contributed by atoms with Gasteiger partial charge in [-0.25, -0.2) is 0 Å². The van der Waals surface area contributed by atoms with Crippen LogP contribution in [0.2, 0.25) is 0 Å². The third-order valence-corrected chi connectivity index (χ3v) is 1.13. The van der Waals surface area contributed by atoms with Gasteiger partial charge in [-0.15, -0.1) is 10.1 Å². The van der Waals surface area contributed by atoms with Crippen LogP contribution in [-0.2, 0) is 22.9 Å². The van der Waals surface area contributed by atoms with Crippen molar-refractivity contribution in [1.29, 1.82) is 0 Å². The van der Waals surface area contributed by atoms with Crippen LogP contribution in [-0.4, -0.2) is 87.4 Å². The van der Waals surface area contributed by atoms with Crippen molar-refractivity contribution < 1.29 is 46.1 Å². The number of hydrogen-bond acceptors (Lipinski definition) is 9. The van der Waals surface area contributed by atoms with E-state index < -0.39 is 34.4 Å². The molecule has 11 nitrogen and oxygen atoms in total. The van der Waals surface area contributed by atoms with Gasteiger partial charge >= 0.3 is 67.0 Å². The molecule has 0 spiro atoms. The second kappa shape index (κ2) is 7.71. The first-order valence-corrected chi connectivity index (χ1v) is 3.44. The van der Waals surface area contributed by atoms with Crippen molar-refractivity contribution >= 4 is 67.0 Å². The fraction of sp³-hybridized carbons (Fsp3) is 0. The molecule has 0 aromatic heterocycles. The molecule has 0 radical (unpaired) electrons. The Morgan fingerprint density at radius 2 is 1.25 bits per heavy atom. The van der Waals surface area contributed by atoms with Crippen molar-refractivity contribution in [3.63, 3.8) is 0 Å². The molecule has 16 heavy (non-hydrogen) atoms. The summed E-state index contributed by atoms with van der Waals surface area (Å²) in [6.07, 6.45) is 0. The van der Waals surface area contributed by atoms with Crippen molar-refractivity contribution in [3.8, 4) is 0 Å². The van der Waals surface area contributed by atoms with E-state index in [4.69, 9.17) is 25.4 Å². The van der Waals surface area contributed by atoms with Crippen LogP contribution in [0.3, 0.4) is 0 Å². The van der Waals surface area contributed by atoms with E-state index in [-0.39, 0.29) is 40.6 Å². The molecule has 2 heterocycles. The van der Waals surface area contributed by atoms with E-state index in [0.717, 1.165) is 0 Å². The summed E-state index contributed by atoms with van der Waals surface area (Å²) in [5.41, 5.74) is 0. The summed E-state index contributed by atoms with van der Waals surface area (Å²) in [5, 5.41) is 31.1. The summed E-state index contributed by atoms with van der Waals surface area (Å²) in [4.78, 5) is 8.36. The van der Waals surface area contributed by atoms with Gasteiger partial charge < -0.3 is 41.0 Å². The van der Waals surface area contributed by atoms with E-state index in [1.54, 1.807) is 0 Å². The minimum absolute atomic E-state index is 0. The van der Waals surface area contributed by atoms with Gasteiger partial charge in [0.1, 0.15) is 0 Å². The van der Waals surface area contributed by atoms with Crippen LogP contribution in [0.4, 0.5) is 0 Å². The molecule has 2 saturated heterocycles. The molecule has 0 aliphatic carbocycles. The second-order valence-corrected chi connectivity index (χ2v) is 2.11. The van der Waals surface area contributed by atoms with Gasteiger partial charge in [0.15, 0.2) is 0 Å². The predicted molar refractivity (Wildman–Crippen MR) is 49.6 cm³/mol. The van der Waals surface area contributed by atoms with Gasteiger partial charge in [0.25, 0.3) is 5.09 Å². The van der Waals surface area contributed by atoms with Crippen LogP contribution in [0.15, 0.2) is 0 Å². The zero-order valence-electron chi connectivity index (χ0n) is 9.66. The summed E-state index contributed by atoms with van der Waals surface area (Å²) in [6.45, 7) is 0. The maximum absolute atomic E-state index is 8.74. The molecular weight excluding hydrogens is 257 g/mol. The van der Waals surface area contributed by atoms with Crippen molar-refractivity contribution in [2.24, 2.45) is 0 Å². The SMILES string of the molecule is O=[N+]([O-])O.OB1OB2OB(O)OB(O1)O2.[Ca+2].[H-].[H-]. The first kappa shape index (κ1) is 16.4. The Hall–Kier alpha value is 0.439. The monoisotopic (exact) mass is 263 g/mol. The summed E-state index contributed by atoms with van der Waals surface area (Å²) in [5.74, 6) is 0. The molecule has 2 rings (SSSR count). The third-order valence-electron chi connectivity index (χ3n) is 1.13. The average Bonchev–Trinajstić information content (AvgIpc) is 1.98. The van der Waals surface area contributed by atoms with E-state index >= 15 is 0 Å². The van der Waals surface area contributed by atoms with Gasteiger partial charge in [-0.3, -0.25) is 0 Å². The topological polar surface area (TPSA) is 150 Å². The molecule has 84 valence electrons. The normalized spacial score (nSPS) is 18.4. The van der Waals surface area contributed by atoms with Crippen LogP contribution in [0.25, 0.3) is 0 Å². The zero-order chi connectivity index (χ0) is 11.4. The maximum atomic E-state index is 8.74. The molecule has 0 atom stereocenters. The van der Waals surface area contributed by atoms with Crippen LogP contribution in [0, 0.1) is 10.1 Å². The molecule has 16 heteroatoms. The van der Waals surface area contributed by atoms with E-state index in [0.29, 0.717) is 0 Å². The minimum Gasteiger partial charge on any atom is -1.00 e. The largest absolute Gasteiger partial charge is 2.00 e. The first-order valence-electron chi connectivity index (χ1n) is 3.44. The minimum atomic E-state index is -1.50. The van der Waals surface area contributed by atoms with Crippen LogP contribution in [0.5, 0.6) is 0 Å². The molecule has 2 aliphatic rings. The Bertz CT molecular complexity index is 198. The summed E-state index contributed by atoms with van der Waals surface area (Å²) < 4.78 is 22.6. The Morgan fingerprint density at radius 1 is 1.00 bits per heavy atom. The number of hydrogen-bond donors (Lipinski definition) is 3. The molecule has 0 aromatic rings. The van der Waals surface area contributed by atoms with Crippen molar-refractivity contribution in [2.75, 3.05) is 0 Å². The Labute approximate surface area is 123 Å². The summed E-state index contributed by atoms with van der Waals surface area (Å²) >= 11 is 0. The van der Waals surface area contributed by atoms with Crippen LogP contribution < -0.4 is 0 Å². The molecule has 0 aromatic carbocycles. The van der Waals surface area contributed by atoms with Crippen LogP contribution in [0.1, 0.15) is 2.85 Å². The fourth-order valence-electron chi connectivity index (χ4n) is 0.728. The van der Waals surface area contributed by atoms with Crippen molar-refractivity contribution in [1.82, 2.24) is 0 Å². The fourth-order valence-corrected chi connectivity index (χ4v) is 0.728.